The minimum absolute atomic E-state index is 0.368. The third-order valence-corrected chi connectivity index (χ3v) is 2.49. The maximum atomic E-state index is 5.16. The molecule has 3 nitrogen and oxygen atoms in total. The quantitative estimate of drug-likeness (QED) is 0.723. The van der Waals surface area contributed by atoms with Crippen molar-refractivity contribution < 1.29 is 4.74 Å². The van der Waals surface area contributed by atoms with E-state index in [2.05, 4.69) is 32.1 Å². The second-order valence-electron chi connectivity index (χ2n) is 3.93. The first-order valence-electron chi connectivity index (χ1n) is 5.22. The van der Waals surface area contributed by atoms with Gasteiger partial charge in [0.15, 0.2) is 0 Å². The molecule has 0 aromatic carbocycles. The predicted molar refractivity (Wildman–Crippen MR) is 57.5 cm³/mol. The van der Waals surface area contributed by atoms with E-state index in [0.717, 1.165) is 13.0 Å². The van der Waals surface area contributed by atoms with E-state index in [1.807, 2.05) is 10.9 Å². The normalized spacial score (nSPS) is 13.5. The molecule has 0 saturated carbocycles. The second kappa shape index (κ2) is 5.15. The van der Waals surface area contributed by atoms with Gasteiger partial charge >= 0.3 is 0 Å². The van der Waals surface area contributed by atoms with Gasteiger partial charge in [0.25, 0.3) is 0 Å². The molecule has 1 aromatic rings. The van der Waals surface area contributed by atoms with Gasteiger partial charge in [0, 0.05) is 13.3 Å². The van der Waals surface area contributed by atoms with Crippen molar-refractivity contribution in [3.8, 4) is 0 Å². The third-order valence-electron chi connectivity index (χ3n) is 2.49. The van der Waals surface area contributed by atoms with Crippen LogP contribution in [-0.2, 0) is 4.74 Å². The minimum atomic E-state index is 0.368. The van der Waals surface area contributed by atoms with Gasteiger partial charge in [-0.15, -0.1) is 0 Å². The summed E-state index contributed by atoms with van der Waals surface area (Å²) in [6, 6.07) is 0.368. The molecule has 0 amide bonds. The molecule has 80 valence electrons. The average molecular weight is 196 g/mol. The van der Waals surface area contributed by atoms with Gasteiger partial charge < -0.3 is 4.74 Å². The van der Waals surface area contributed by atoms with E-state index in [1.54, 1.807) is 7.11 Å². The number of hydrogen-bond donors (Lipinski definition) is 0. The highest BCUT2D eigenvalue weighted by Gasteiger charge is 2.10. The van der Waals surface area contributed by atoms with E-state index in [0.29, 0.717) is 12.0 Å². The Morgan fingerprint density at radius 2 is 2.21 bits per heavy atom. The zero-order valence-corrected chi connectivity index (χ0v) is 9.53. The molecule has 0 aliphatic rings. The van der Waals surface area contributed by atoms with Crippen LogP contribution in [0.25, 0.3) is 0 Å². The zero-order valence-electron chi connectivity index (χ0n) is 9.53. The van der Waals surface area contributed by atoms with Crippen LogP contribution >= 0.6 is 0 Å². The zero-order chi connectivity index (χ0) is 10.6. The minimum Gasteiger partial charge on any atom is -0.382 e. The van der Waals surface area contributed by atoms with Gasteiger partial charge in [0.1, 0.15) is 0 Å². The van der Waals surface area contributed by atoms with Gasteiger partial charge in [-0.05, 0) is 17.9 Å². The highest BCUT2D eigenvalue weighted by molar-refractivity contribution is 5.09. The number of methoxy groups -OCH3 is 1. The Labute approximate surface area is 86.1 Å². The molecule has 1 heterocycles. The summed E-state index contributed by atoms with van der Waals surface area (Å²) in [4.78, 5) is 0. The van der Waals surface area contributed by atoms with Crippen molar-refractivity contribution in [2.45, 2.75) is 39.2 Å². The molecule has 14 heavy (non-hydrogen) atoms. The smallest absolute Gasteiger partial charge is 0.0749 e. The topological polar surface area (TPSA) is 27.1 Å². The number of rotatable bonds is 5. The van der Waals surface area contributed by atoms with Gasteiger partial charge in [-0.2, -0.15) is 5.10 Å². The van der Waals surface area contributed by atoms with Crippen molar-refractivity contribution in [2.75, 3.05) is 13.7 Å². The summed E-state index contributed by atoms with van der Waals surface area (Å²) < 4.78 is 7.17. The lowest BCUT2D eigenvalue weighted by molar-refractivity contribution is 0.147. The molecule has 0 aliphatic heterocycles. The van der Waals surface area contributed by atoms with Crippen LogP contribution in [0.5, 0.6) is 0 Å². The van der Waals surface area contributed by atoms with Crippen LogP contribution in [0.15, 0.2) is 12.4 Å². The summed E-state index contributed by atoms with van der Waals surface area (Å²) in [5, 5.41) is 4.36. The van der Waals surface area contributed by atoms with Crippen LogP contribution in [0.3, 0.4) is 0 Å². The Balaban J connectivity index is 2.73. The summed E-state index contributed by atoms with van der Waals surface area (Å²) >= 11 is 0. The van der Waals surface area contributed by atoms with E-state index in [9.17, 15) is 0 Å². The number of ether oxygens (including phenoxy) is 1. The van der Waals surface area contributed by atoms with Crippen molar-refractivity contribution >= 4 is 0 Å². The van der Waals surface area contributed by atoms with Crippen molar-refractivity contribution in [1.29, 1.82) is 0 Å². The Morgan fingerprint density at radius 3 is 2.64 bits per heavy atom. The Hall–Kier alpha value is -0.830. The molecule has 1 rings (SSSR count). The molecule has 0 radical (unpaired) electrons. The highest BCUT2D eigenvalue weighted by Crippen LogP contribution is 2.16. The lowest BCUT2D eigenvalue weighted by Crippen LogP contribution is -2.14. The lowest BCUT2D eigenvalue weighted by atomic mass is 10.1. The molecular weight excluding hydrogens is 176 g/mol. The van der Waals surface area contributed by atoms with Crippen molar-refractivity contribution in [3.63, 3.8) is 0 Å². The van der Waals surface area contributed by atoms with E-state index in [4.69, 9.17) is 4.74 Å². The lowest BCUT2D eigenvalue weighted by Gasteiger charge is -2.14. The highest BCUT2D eigenvalue weighted by atomic mass is 16.5. The molecule has 1 unspecified atom stereocenters. The fourth-order valence-electron chi connectivity index (χ4n) is 1.42. The van der Waals surface area contributed by atoms with Gasteiger partial charge in [-0.25, -0.2) is 0 Å². The first-order valence-corrected chi connectivity index (χ1v) is 5.22. The van der Waals surface area contributed by atoms with Crippen molar-refractivity contribution in [1.82, 2.24) is 9.78 Å². The molecule has 0 fully saturated rings. The summed E-state index contributed by atoms with van der Waals surface area (Å²) in [5.41, 5.74) is 1.29. The summed E-state index contributed by atoms with van der Waals surface area (Å²) in [7, 11) is 1.73. The predicted octanol–water partition coefficient (Wildman–Crippen LogP) is 2.60. The van der Waals surface area contributed by atoms with Crippen LogP contribution in [-0.4, -0.2) is 23.5 Å². The fraction of sp³-hybridized carbons (Fsp3) is 0.727. The SMILES string of the molecule is CCC(COC)n1cc(C(C)C)cn1. The molecule has 0 spiro atoms. The van der Waals surface area contributed by atoms with Crippen molar-refractivity contribution in [3.05, 3.63) is 18.0 Å². The maximum Gasteiger partial charge on any atom is 0.0749 e. The Kier molecular flexibility index (Phi) is 4.14. The molecule has 0 N–H and O–H groups in total. The van der Waals surface area contributed by atoms with E-state index >= 15 is 0 Å². The second-order valence-corrected chi connectivity index (χ2v) is 3.93. The van der Waals surface area contributed by atoms with E-state index < -0.39 is 0 Å². The standard InChI is InChI=1S/C11H20N2O/c1-5-11(8-14-4)13-7-10(6-12-13)9(2)3/h6-7,9,11H,5,8H2,1-4H3. The van der Waals surface area contributed by atoms with E-state index in [-0.39, 0.29) is 0 Å². The van der Waals surface area contributed by atoms with Crippen LogP contribution in [0.2, 0.25) is 0 Å². The number of hydrogen-bond acceptors (Lipinski definition) is 2. The Morgan fingerprint density at radius 1 is 1.50 bits per heavy atom. The Bertz CT molecular complexity index is 268. The van der Waals surface area contributed by atoms with Gasteiger partial charge in [0.05, 0.1) is 18.8 Å². The summed E-state index contributed by atoms with van der Waals surface area (Å²) in [5.74, 6) is 0.545. The fourth-order valence-corrected chi connectivity index (χ4v) is 1.42. The summed E-state index contributed by atoms with van der Waals surface area (Å²) in [6.45, 7) is 7.24. The number of nitrogens with zero attached hydrogens (tertiary/aromatic N) is 2. The first-order chi connectivity index (χ1) is 6.69. The van der Waals surface area contributed by atoms with Gasteiger partial charge in [-0.1, -0.05) is 20.8 Å². The molecule has 1 atom stereocenters. The van der Waals surface area contributed by atoms with Gasteiger partial charge in [-0.3, -0.25) is 4.68 Å². The average Bonchev–Trinajstić information content (AvgIpc) is 2.63. The monoisotopic (exact) mass is 196 g/mol. The van der Waals surface area contributed by atoms with Crippen molar-refractivity contribution in [2.24, 2.45) is 0 Å². The van der Waals surface area contributed by atoms with E-state index in [1.165, 1.54) is 5.56 Å². The molecule has 0 aliphatic carbocycles. The molecular formula is C11H20N2O. The van der Waals surface area contributed by atoms with Crippen LogP contribution in [0.1, 0.15) is 44.7 Å². The summed E-state index contributed by atoms with van der Waals surface area (Å²) in [6.07, 6.45) is 5.12. The third kappa shape index (κ3) is 2.58. The molecule has 0 saturated heterocycles. The molecule has 1 aromatic heterocycles. The van der Waals surface area contributed by atoms with Crippen LogP contribution in [0, 0.1) is 0 Å². The number of aromatic nitrogens is 2. The molecule has 3 heteroatoms. The molecule has 0 bridgehead atoms. The maximum absolute atomic E-state index is 5.16. The largest absolute Gasteiger partial charge is 0.382 e. The van der Waals surface area contributed by atoms with Gasteiger partial charge in [0.2, 0.25) is 0 Å². The van der Waals surface area contributed by atoms with Crippen LogP contribution in [0.4, 0.5) is 0 Å². The first kappa shape index (κ1) is 11.2. The van der Waals surface area contributed by atoms with Crippen LogP contribution < -0.4 is 0 Å².